The maximum Gasteiger partial charge on any atom is 0.120 e. The molecule has 0 amide bonds. The van der Waals surface area contributed by atoms with Gasteiger partial charge in [0.1, 0.15) is 5.75 Å². The van der Waals surface area contributed by atoms with Gasteiger partial charge in [0.15, 0.2) is 0 Å². The number of aromatic hydroxyl groups is 1. The van der Waals surface area contributed by atoms with E-state index in [4.69, 9.17) is 5.11 Å². The number of rotatable bonds is 5. The zero-order valence-electron chi connectivity index (χ0n) is 10.2. The maximum absolute atomic E-state index is 9.77. The van der Waals surface area contributed by atoms with Crippen molar-refractivity contribution < 1.29 is 10.2 Å². The number of benzene rings is 1. The third-order valence-electron chi connectivity index (χ3n) is 2.90. The molecule has 0 spiro atoms. The maximum atomic E-state index is 9.77. The molecule has 1 aromatic carbocycles. The van der Waals surface area contributed by atoms with Crippen LogP contribution in [0.3, 0.4) is 0 Å². The van der Waals surface area contributed by atoms with Crippen LogP contribution in [0.1, 0.15) is 30.0 Å². The van der Waals surface area contributed by atoms with Crippen LogP contribution < -0.4 is 5.32 Å². The Balaban J connectivity index is 2.63. The van der Waals surface area contributed by atoms with Crippen LogP contribution in [0.15, 0.2) is 12.1 Å². The van der Waals surface area contributed by atoms with Crippen molar-refractivity contribution in [2.24, 2.45) is 0 Å². The van der Waals surface area contributed by atoms with Crippen LogP contribution in [-0.4, -0.2) is 22.9 Å². The highest BCUT2D eigenvalue weighted by Crippen LogP contribution is 2.21. The first-order valence-corrected chi connectivity index (χ1v) is 5.68. The Kier molecular flexibility index (Phi) is 4.77. The molecule has 0 aliphatic rings. The summed E-state index contributed by atoms with van der Waals surface area (Å²) < 4.78 is 0. The predicted octanol–water partition coefficient (Wildman–Crippen LogP) is 1.87. The summed E-state index contributed by atoms with van der Waals surface area (Å²) >= 11 is 0. The minimum atomic E-state index is 0.188. The van der Waals surface area contributed by atoms with E-state index in [0.717, 1.165) is 17.5 Å². The number of nitrogens with one attached hydrogen (secondary N) is 1. The molecule has 90 valence electrons. The van der Waals surface area contributed by atoms with E-state index >= 15 is 0 Å². The number of aliphatic hydroxyl groups excluding tert-OH is 1. The molecule has 3 nitrogen and oxygen atoms in total. The standard InChI is InChI=1S/C13H21NO2/c1-9-6-12(13(16)7-10(9)2)8-14-11(3)4-5-15/h6-7,11,14-16H,4-5,8H2,1-3H3. The highest BCUT2D eigenvalue weighted by molar-refractivity contribution is 5.40. The summed E-state index contributed by atoms with van der Waals surface area (Å²) in [5.74, 6) is 0.340. The predicted molar refractivity (Wildman–Crippen MR) is 65.6 cm³/mol. The fourth-order valence-corrected chi connectivity index (χ4v) is 1.58. The van der Waals surface area contributed by atoms with Crippen molar-refractivity contribution in [3.63, 3.8) is 0 Å². The van der Waals surface area contributed by atoms with Gasteiger partial charge in [0.05, 0.1) is 0 Å². The van der Waals surface area contributed by atoms with E-state index in [1.54, 1.807) is 6.07 Å². The average molecular weight is 223 g/mol. The monoisotopic (exact) mass is 223 g/mol. The average Bonchev–Trinajstić information content (AvgIpc) is 2.22. The number of aliphatic hydroxyl groups is 1. The number of phenols is 1. The molecule has 0 heterocycles. The van der Waals surface area contributed by atoms with Crippen LogP contribution in [0, 0.1) is 13.8 Å². The molecule has 0 saturated carbocycles. The fourth-order valence-electron chi connectivity index (χ4n) is 1.58. The molecule has 1 unspecified atom stereocenters. The third-order valence-corrected chi connectivity index (χ3v) is 2.90. The molecule has 16 heavy (non-hydrogen) atoms. The molecule has 0 aliphatic carbocycles. The topological polar surface area (TPSA) is 52.5 Å². The molecule has 0 saturated heterocycles. The Bertz CT molecular complexity index is 350. The summed E-state index contributed by atoms with van der Waals surface area (Å²) in [7, 11) is 0. The fraction of sp³-hybridized carbons (Fsp3) is 0.538. The minimum absolute atomic E-state index is 0.188. The lowest BCUT2D eigenvalue weighted by atomic mass is 10.0. The quantitative estimate of drug-likeness (QED) is 0.714. The first kappa shape index (κ1) is 13.0. The second-order valence-electron chi connectivity index (χ2n) is 4.36. The molecule has 0 aliphatic heterocycles. The molecular formula is C13H21NO2. The number of phenolic OH excluding ortho intramolecular Hbond substituents is 1. The molecule has 0 bridgehead atoms. The van der Waals surface area contributed by atoms with Gasteiger partial charge in [-0.25, -0.2) is 0 Å². The number of aryl methyl sites for hydroxylation is 2. The highest BCUT2D eigenvalue weighted by atomic mass is 16.3. The van der Waals surface area contributed by atoms with Crippen molar-refractivity contribution >= 4 is 0 Å². The Morgan fingerprint density at radius 2 is 1.88 bits per heavy atom. The van der Waals surface area contributed by atoms with Gasteiger partial charge < -0.3 is 15.5 Å². The summed E-state index contributed by atoms with van der Waals surface area (Å²) in [4.78, 5) is 0. The van der Waals surface area contributed by atoms with Crippen LogP contribution in [0.25, 0.3) is 0 Å². The van der Waals surface area contributed by atoms with Crippen molar-refractivity contribution in [2.75, 3.05) is 6.61 Å². The van der Waals surface area contributed by atoms with E-state index in [1.807, 2.05) is 26.8 Å². The first-order valence-electron chi connectivity index (χ1n) is 5.68. The summed E-state index contributed by atoms with van der Waals surface area (Å²) in [6, 6.07) is 4.05. The second kappa shape index (κ2) is 5.87. The van der Waals surface area contributed by atoms with Gasteiger partial charge >= 0.3 is 0 Å². The van der Waals surface area contributed by atoms with Gasteiger partial charge in [-0.15, -0.1) is 0 Å². The Labute approximate surface area is 97.1 Å². The lowest BCUT2D eigenvalue weighted by Gasteiger charge is -2.14. The summed E-state index contributed by atoms with van der Waals surface area (Å²) in [6.45, 7) is 6.87. The van der Waals surface area contributed by atoms with Crippen LogP contribution in [0.5, 0.6) is 5.75 Å². The molecule has 1 aromatic rings. The van der Waals surface area contributed by atoms with Crippen molar-refractivity contribution in [3.05, 3.63) is 28.8 Å². The highest BCUT2D eigenvalue weighted by Gasteiger charge is 2.06. The van der Waals surface area contributed by atoms with Gasteiger partial charge in [-0.1, -0.05) is 6.07 Å². The normalized spacial score (nSPS) is 12.8. The number of hydrogen-bond donors (Lipinski definition) is 3. The number of hydrogen-bond acceptors (Lipinski definition) is 3. The van der Waals surface area contributed by atoms with Gasteiger partial charge in [-0.3, -0.25) is 0 Å². The molecule has 1 rings (SSSR count). The van der Waals surface area contributed by atoms with E-state index in [0.29, 0.717) is 12.3 Å². The van der Waals surface area contributed by atoms with E-state index in [1.165, 1.54) is 5.56 Å². The minimum Gasteiger partial charge on any atom is -0.508 e. The van der Waals surface area contributed by atoms with E-state index in [-0.39, 0.29) is 12.6 Å². The molecule has 3 N–H and O–H groups in total. The Morgan fingerprint density at radius 1 is 1.25 bits per heavy atom. The van der Waals surface area contributed by atoms with Crippen molar-refractivity contribution in [1.82, 2.24) is 5.32 Å². The van der Waals surface area contributed by atoms with Gasteiger partial charge in [0, 0.05) is 24.8 Å². The van der Waals surface area contributed by atoms with Gasteiger partial charge in [-0.05, 0) is 44.4 Å². The van der Waals surface area contributed by atoms with Crippen molar-refractivity contribution in [3.8, 4) is 5.75 Å². The zero-order valence-corrected chi connectivity index (χ0v) is 10.2. The van der Waals surface area contributed by atoms with E-state index in [9.17, 15) is 5.11 Å². The van der Waals surface area contributed by atoms with Crippen molar-refractivity contribution in [1.29, 1.82) is 0 Å². The molecule has 3 heteroatoms. The molecule has 1 atom stereocenters. The third kappa shape index (κ3) is 3.51. The van der Waals surface area contributed by atoms with Gasteiger partial charge in [0.2, 0.25) is 0 Å². The first-order chi connectivity index (χ1) is 7.54. The molecule has 0 radical (unpaired) electrons. The van der Waals surface area contributed by atoms with Crippen LogP contribution in [0.2, 0.25) is 0 Å². The van der Waals surface area contributed by atoms with Gasteiger partial charge in [-0.2, -0.15) is 0 Å². The largest absolute Gasteiger partial charge is 0.508 e. The smallest absolute Gasteiger partial charge is 0.120 e. The second-order valence-corrected chi connectivity index (χ2v) is 4.36. The molecule has 0 fully saturated rings. The molecule has 0 aromatic heterocycles. The summed E-state index contributed by atoms with van der Waals surface area (Å²) in [5.41, 5.74) is 3.20. The van der Waals surface area contributed by atoms with E-state index < -0.39 is 0 Å². The zero-order chi connectivity index (χ0) is 12.1. The van der Waals surface area contributed by atoms with Crippen molar-refractivity contribution in [2.45, 2.75) is 39.8 Å². The van der Waals surface area contributed by atoms with E-state index in [2.05, 4.69) is 5.32 Å². The Hall–Kier alpha value is -1.06. The van der Waals surface area contributed by atoms with Gasteiger partial charge in [0.25, 0.3) is 0 Å². The lowest BCUT2D eigenvalue weighted by molar-refractivity contribution is 0.268. The Morgan fingerprint density at radius 3 is 2.50 bits per heavy atom. The summed E-state index contributed by atoms with van der Waals surface area (Å²) in [6.07, 6.45) is 0.728. The lowest BCUT2D eigenvalue weighted by Crippen LogP contribution is -2.26. The SMILES string of the molecule is Cc1cc(O)c(CNC(C)CCO)cc1C. The van der Waals surface area contributed by atoms with Crippen LogP contribution in [-0.2, 0) is 6.54 Å². The van der Waals surface area contributed by atoms with Crippen LogP contribution >= 0.6 is 0 Å². The summed E-state index contributed by atoms with van der Waals surface area (Å²) in [5, 5.41) is 21.8. The molecular weight excluding hydrogens is 202 g/mol. The van der Waals surface area contributed by atoms with Crippen LogP contribution in [0.4, 0.5) is 0 Å².